The van der Waals surface area contributed by atoms with Gasteiger partial charge >= 0.3 is 11.8 Å². The van der Waals surface area contributed by atoms with E-state index in [2.05, 4.69) is 5.32 Å². The number of likely N-dealkylation sites (N-methyl/N-ethyl adjacent to an activating group) is 1. The fraction of sp³-hybridized carbons (Fsp3) is 0.545. The van der Waals surface area contributed by atoms with Gasteiger partial charge in [0.25, 0.3) is 17.6 Å². The van der Waals surface area contributed by atoms with Crippen molar-refractivity contribution in [1.29, 1.82) is 0 Å². The maximum atomic E-state index is 14.5. The highest BCUT2D eigenvalue weighted by Gasteiger charge is 2.49. The smallest absolute Gasteiger partial charge is 0.312 e. The molecular formula is C44H60N2O13. The van der Waals surface area contributed by atoms with Crippen LogP contribution in [0.3, 0.4) is 0 Å². The van der Waals surface area contributed by atoms with Gasteiger partial charge in [0.1, 0.15) is 23.4 Å². The number of fused-ring (bicyclic) bond motifs is 14. The molecule has 2 amide bonds. The molecule has 15 nitrogen and oxygen atoms in total. The van der Waals surface area contributed by atoms with Crippen molar-refractivity contribution < 1.29 is 63.3 Å². The number of hydrogen-bond donors (Lipinski definition) is 5. The second-order valence-electron chi connectivity index (χ2n) is 15.9. The van der Waals surface area contributed by atoms with Gasteiger partial charge in [0, 0.05) is 80.8 Å². The third-order valence-corrected chi connectivity index (χ3v) is 11.4. The van der Waals surface area contributed by atoms with Crippen LogP contribution in [0.1, 0.15) is 84.2 Å². The number of ether oxygens (including phenoxy) is 5. The molecule has 5 bridgehead atoms. The van der Waals surface area contributed by atoms with Gasteiger partial charge in [0.05, 0.1) is 41.2 Å². The Kier molecular flexibility index (Phi) is 15.2. The minimum Gasteiger partial charge on any atom is -0.507 e. The quantitative estimate of drug-likeness (QED) is 0.160. The first-order valence-electron chi connectivity index (χ1n) is 19.9. The first-order valence-corrected chi connectivity index (χ1v) is 19.9. The average molecular weight is 825 g/mol. The van der Waals surface area contributed by atoms with Gasteiger partial charge in [-0.3, -0.25) is 19.2 Å². The molecule has 0 spiro atoms. The Labute approximate surface area is 345 Å². The zero-order chi connectivity index (χ0) is 44.1. The highest BCUT2D eigenvalue weighted by Crippen LogP contribution is 2.54. The second-order valence-corrected chi connectivity index (χ2v) is 15.9. The number of ketones is 1. The maximum absolute atomic E-state index is 14.5. The molecule has 3 heterocycles. The number of methoxy groups -OCH3 is 1. The number of phenolic OH excluding ortho intramolecular Hbond substituents is 2. The van der Waals surface area contributed by atoms with E-state index in [1.807, 2.05) is 6.92 Å². The minimum absolute atomic E-state index is 0.0562. The van der Waals surface area contributed by atoms with Crippen molar-refractivity contribution >= 4 is 40.0 Å². The number of nitrogens with one attached hydrogen (secondary N) is 1. The van der Waals surface area contributed by atoms with Gasteiger partial charge < -0.3 is 54.3 Å². The molecule has 0 fully saturated rings. The number of rotatable bonds is 8. The van der Waals surface area contributed by atoms with Crippen LogP contribution in [-0.4, -0.2) is 106 Å². The van der Waals surface area contributed by atoms with Crippen LogP contribution in [0.2, 0.25) is 0 Å². The molecule has 0 saturated carbocycles. The third kappa shape index (κ3) is 9.85. The molecule has 15 heteroatoms. The summed E-state index contributed by atoms with van der Waals surface area (Å²) >= 11 is 0. The minimum atomic E-state index is -2.02. The molecule has 0 unspecified atom stereocenters. The van der Waals surface area contributed by atoms with Crippen LogP contribution >= 0.6 is 0 Å². The van der Waals surface area contributed by atoms with Crippen molar-refractivity contribution in [1.82, 2.24) is 4.90 Å². The number of carbonyl (C=O) groups is 4. The van der Waals surface area contributed by atoms with Crippen LogP contribution < -0.4 is 14.8 Å². The van der Waals surface area contributed by atoms with E-state index in [0.29, 0.717) is 6.54 Å². The molecule has 59 heavy (non-hydrogen) atoms. The molecule has 5 N–H and O–H groups in total. The molecule has 3 aliphatic heterocycles. The number of allylic oxidation sites excluding steroid dienone is 2. The summed E-state index contributed by atoms with van der Waals surface area (Å²) in [5, 5.41) is 48.4. The van der Waals surface area contributed by atoms with Crippen LogP contribution in [-0.2, 0) is 28.6 Å². The lowest BCUT2D eigenvalue weighted by Gasteiger charge is -2.38. The van der Waals surface area contributed by atoms with Crippen LogP contribution in [0.15, 0.2) is 42.2 Å². The Hall–Kier alpha value is -5.12. The van der Waals surface area contributed by atoms with Gasteiger partial charge in [0.15, 0.2) is 12.4 Å². The van der Waals surface area contributed by atoms with E-state index in [1.54, 1.807) is 46.9 Å². The van der Waals surface area contributed by atoms with Crippen molar-refractivity contribution in [2.45, 2.75) is 105 Å². The molecule has 3 aliphatic rings. The summed E-state index contributed by atoms with van der Waals surface area (Å²) in [6.45, 7) is 14.6. The Morgan fingerprint density at radius 2 is 1.66 bits per heavy atom. The van der Waals surface area contributed by atoms with Crippen LogP contribution in [0.4, 0.5) is 5.69 Å². The summed E-state index contributed by atoms with van der Waals surface area (Å²) in [6.07, 6.45) is 5.23. The Balaban J connectivity index is 1.92. The number of benzene rings is 2. The molecule has 0 radical (unpaired) electrons. The average Bonchev–Trinajstić information content (AvgIpc) is 3.46. The topological polar surface area (TPSA) is 211 Å². The van der Waals surface area contributed by atoms with Gasteiger partial charge in [0.2, 0.25) is 0 Å². The van der Waals surface area contributed by atoms with Crippen molar-refractivity contribution in [3.8, 4) is 23.0 Å². The van der Waals surface area contributed by atoms with Crippen molar-refractivity contribution in [3.63, 3.8) is 0 Å². The lowest BCUT2D eigenvalue weighted by Crippen LogP contribution is -2.46. The van der Waals surface area contributed by atoms with Crippen molar-refractivity contribution in [2.24, 2.45) is 23.7 Å². The van der Waals surface area contributed by atoms with Crippen molar-refractivity contribution in [3.05, 3.63) is 53.3 Å². The Bertz CT molecular complexity index is 2010. The summed E-state index contributed by atoms with van der Waals surface area (Å²) < 4.78 is 29.7. The zero-order valence-electron chi connectivity index (χ0n) is 35.8. The van der Waals surface area contributed by atoms with Crippen LogP contribution in [0.25, 0.3) is 10.8 Å². The Morgan fingerprint density at radius 3 is 2.29 bits per heavy atom. The predicted molar refractivity (Wildman–Crippen MR) is 220 cm³/mol. The summed E-state index contributed by atoms with van der Waals surface area (Å²) in [5.41, 5.74) is -0.00381. The monoisotopic (exact) mass is 824 g/mol. The number of aromatic hydroxyl groups is 2. The number of Topliss-reactive ketones (excluding diaryl/α,β-unsaturated/α-hetero) is 1. The summed E-state index contributed by atoms with van der Waals surface area (Å²) in [6, 6.07) is 1.27. The van der Waals surface area contributed by atoms with E-state index in [4.69, 9.17) is 23.7 Å². The number of nitrogens with zero attached hydrogens (tertiary/aromatic N) is 1. The lowest BCUT2D eigenvalue weighted by atomic mass is 9.78. The van der Waals surface area contributed by atoms with E-state index in [1.165, 1.54) is 64.2 Å². The fourth-order valence-corrected chi connectivity index (χ4v) is 7.52. The van der Waals surface area contributed by atoms with E-state index in [-0.39, 0.29) is 50.6 Å². The molecule has 2 aromatic rings. The highest BCUT2D eigenvalue weighted by molar-refractivity contribution is 6.21. The van der Waals surface area contributed by atoms with Crippen molar-refractivity contribution in [2.75, 3.05) is 32.6 Å². The maximum Gasteiger partial charge on any atom is 0.312 e. The molecular weight excluding hydrogens is 764 g/mol. The largest absolute Gasteiger partial charge is 0.507 e. The molecule has 0 saturated heterocycles. The number of carbonyl (C=O) groups excluding carboxylic acids is 4. The number of esters is 1. The normalized spacial score (nSPS) is 29.8. The van der Waals surface area contributed by atoms with Gasteiger partial charge in [-0.25, -0.2) is 0 Å². The summed E-state index contributed by atoms with van der Waals surface area (Å²) in [7, 11) is 3.07. The molecule has 9 atom stereocenters. The number of aliphatic hydroxyl groups excluding tert-OH is 2. The molecule has 0 aromatic heterocycles. The van der Waals surface area contributed by atoms with Crippen LogP contribution in [0, 0.1) is 30.6 Å². The standard InChI is InChI=1S/C44H60N2O13/c1-12-13-18-46(10)32(48)21-56-31-20-29-39(52)34-33(31)35-41(27(7)38(34)51)59-44(9,42(35)53)57-19-17-30(55-11)24(4)40(58-28(8)47)26(6)37(50)25(5)36(49)22(2)15-14-16-23(3)43(54)45-29/h14-17,19-20,22,24-26,30,36-37,40,49-52H,12-13,18,21H2,1-11H3,(H,45,54)/b15-14-,19-17-,23-16-/t22-,24+,25+,26+,30-,36-,37+,40+,44-/m0/s1. The fourth-order valence-electron chi connectivity index (χ4n) is 7.52. The SMILES string of the molecule is CCCCN(C)C(=O)COc1cc2c(O)c3c(O)c(C)c4c(c13)C(=O)[C@@](C)(O/C=C\[C@H](OC)[C@@H](C)[C@@H](OC(C)=O)[C@H](C)[C@H](O)[C@H](C)[C@@H](O)[C@@H](C)/C=C\C=C(\C)C(=O)N2)O4. The number of hydrogen-bond acceptors (Lipinski definition) is 13. The summed E-state index contributed by atoms with van der Waals surface area (Å²) in [4.78, 5) is 55.0. The van der Waals surface area contributed by atoms with Gasteiger partial charge in [-0.15, -0.1) is 0 Å². The van der Waals surface area contributed by atoms with E-state index < -0.39 is 89.6 Å². The summed E-state index contributed by atoms with van der Waals surface area (Å²) in [5.74, 6) is -8.01. The van der Waals surface area contributed by atoms with Crippen LogP contribution in [0.5, 0.6) is 23.0 Å². The van der Waals surface area contributed by atoms with Gasteiger partial charge in [-0.05, 0) is 26.3 Å². The van der Waals surface area contributed by atoms with E-state index >= 15 is 0 Å². The number of anilines is 1. The van der Waals surface area contributed by atoms with E-state index in [9.17, 15) is 39.6 Å². The number of aliphatic hydroxyl groups is 2. The number of phenols is 2. The zero-order valence-corrected chi connectivity index (χ0v) is 35.8. The van der Waals surface area contributed by atoms with Gasteiger partial charge in [-0.2, -0.15) is 0 Å². The number of amides is 2. The Morgan fingerprint density at radius 1 is 0.983 bits per heavy atom. The third-order valence-electron chi connectivity index (χ3n) is 11.4. The lowest BCUT2D eigenvalue weighted by molar-refractivity contribution is -0.160. The first-order chi connectivity index (χ1) is 27.7. The predicted octanol–water partition coefficient (Wildman–Crippen LogP) is 5.69. The molecule has 5 rings (SSSR count). The van der Waals surface area contributed by atoms with E-state index in [0.717, 1.165) is 12.8 Å². The van der Waals surface area contributed by atoms with Gasteiger partial charge in [-0.1, -0.05) is 59.3 Å². The second kappa shape index (κ2) is 19.3. The molecule has 0 aliphatic carbocycles. The molecule has 2 aromatic carbocycles. The molecule has 324 valence electrons. The highest BCUT2D eigenvalue weighted by atomic mass is 16.7. The number of unbranched alkanes of at least 4 members (excludes halogenated alkanes) is 1. The first kappa shape index (κ1) is 46.6.